The molecule has 10 nitrogen and oxygen atoms in total. The van der Waals surface area contributed by atoms with Crippen LogP contribution in [0.15, 0.2) is 18.3 Å². The number of benzene rings is 1. The molecule has 0 bridgehead atoms. The number of aromatic nitrogens is 2. The van der Waals surface area contributed by atoms with E-state index >= 15 is 0 Å². The van der Waals surface area contributed by atoms with Crippen LogP contribution in [0.25, 0.3) is 0 Å². The molecule has 1 aliphatic heterocycles. The molecule has 178 valence electrons. The third kappa shape index (κ3) is 5.81. The Kier molecular flexibility index (Phi) is 6.86. The molecule has 1 aromatic heterocycles. The smallest absolute Gasteiger partial charge is 0.255 e. The SMILES string of the molecule is CS(=O)(=O)N[C@@H]1CCCC[C@H]1Nc1nc(Nc2cc(F)cc3c2OCCNC3=O)ncc1Cl. The number of hydrogen-bond acceptors (Lipinski definition) is 8. The maximum absolute atomic E-state index is 14.2. The molecule has 1 aromatic carbocycles. The number of rotatable bonds is 6. The van der Waals surface area contributed by atoms with Crippen molar-refractivity contribution >= 4 is 45.0 Å². The third-order valence-corrected chi connectivity index (χ3v) is 6.38. The molecule has 4 rings (SSSR count). The fraction of sp³-hybridized carbons (Fsp3) is 0.450. The van der Waals surface area contributed by atoms with Crippen LogP contribution in [0.3, 0.4) is 0 Å². The Hall–Kier alpha value is -2.70. The lowest BCUT2D eigenvalue weighted by Crippen LogP contribution is -2.48. The number of fused-ring (bicyclic) bond motifs is 1. The van der Waals surface area contributed by atoms with E-state index in [0.717, 1.165) is 31.6 Å². The van der Waals surface area contributed by atoms with E-state index in [1.54, 1.807) is 0 Å². The molecule has 1 fully saturated rings. The number of sulfonamides is 1. The van der Waals surface area contributed by atoms with Gasteiger partial charge in [-0.2, -0.15) is 4.98 Å². The summed E-state index contributed by atoms with van der Waals surface area (Å²) < 4.78 is 46.0. The lowest BCUT2D eigenvalue weighted by molar-refractivity contribution is 0.0956. The van der Waals surface area contributed by atoms with Crippen molar-refractivity contribution < 1.29 is 22.3 Å². The molecule has 1 aliphatic carbocycles. The Morgan fingerprint density at radius 3 is 2.76 bits per heavy atom. The molecule has 0 radical (unpaired) electrons. The van der Waals surface area contributed by atoms with Crippen molar-refractivity contribution in [3.8, 4) is 5.75 Å². The Labute approximate surface area is 195 Å². The summed E-state index contributed by atoms with van der Waals surface area (Å²) in [5, 5.41) is 9.00. The Bertz CT molecular complexity index is 1170. The second-order valence-electron chi connectivity index (χ2n) is 7.98. The van der Waals surface area contributed by atoms with Crippen molar-refractivity contribution in [2.75, 3.05) is 30.0 Å². The molecular formula is C20H24ClFN6O4S. The predicted octanol–water partition coefficient (Wildman–Crippen LogP) is 2.41. The van der Waals surface area contributed by atoms with Crippen LogP contribution in [-0.4, -0.2) is 55.8 Å². The van der Waals surface area contributed by atoms with Crippen LogP contribution in [0.1, 0.15) is 36.0 Å². The largest absolute Gasteiger partial charge is 0.489 e. The minimum absolute atomic E-state index is 0.0687. The van der Waals surface area contributed by atoms with Gasteiger partial charge in [-0.15, -0.1) is 0 Å². The first-order chi connectivity index (χ1) is 15.7. The quantitative estimate of drug-likeness (QED) is 0.477. The normalized spacial score (nSPS) is 20.8. The Morgan fingerprint density at radius 2 is 2.00 bits per heavy atom. The predicted molar refractivity (Wildman–Crippen MR) is 122 cm³/mol. The topological polar surface area (TPSA) is 134 Å². The summed E-state index contributed by atoms with van der Waals surface area (Å²) in [6.07, 6.45) is 5.77. The van der Waals surface area contributed by atoms with Gasteiger partial charge in [-0.3, -0.25) is 4.79 Å². The number of carbonyl (C=O) groups excluding carboxylic acids is 1. The van der Waals surface area contributed by atoms with Gasteiger partial charge in [0.15, 0.2) is 11.6 Å². The van der Waals surface area contributed by atoms with Crippen LogP contribution < -0.4 is 25.4 Å². The van der Waals surface area contributed by atoms with Crippen molar-refractivity contribution in [1.29, 1.82) is 0 Å². The fourth-order valence-corrected chi connectivity index (χ4v) is 4.95. The standard InChI is InChI=1S/C20H24ClFN6O4S/c1-33(30,31)28-15-5-3-2-4-14(15)25-18-13(21)10-24-20(27-18)26-16-9-11(22)8-12-17(16)32-7-6-23-19(12)29/h8-10,14-15,28H,2-7H2,1H3,(H,23,29)(H2,24,25,26,27)/t14-,15-/m1/s1. The highest BCUT2D eigenvalue weighted by molar-refractivity contribution is 7.88. The first-order valence-electron chi connectivity index (χ1n) is 10.5. The maximum atomic E-state index is 14.2. The van der Waals surface area contributed by atoms with E-state index in [-0.39, 0.29) is 46.7 Å². The molecule has 0 unspecified atom stereocenters. The number of amides is 1. The molecule has 0 spiro atoms. The highest BCUT2D eigenvalue weighted by Crippen LogP contribution is 2.34. The maximum Gasteiger partial charge on any atom is 0.255 e. The summed E-state index contributed by atoms with van der Waals surface area (Å²) in [6.45, 7) is 0.522. The summed E-state index contributed by atoms with van der Waals surface area (Å²) in [5.74, 6) is -0.453. The monoisotopic (exact) mass is 498 g/mol. The molecule has 2 aliphatic rings. The van der Waals surface area contributed by atoms with Gasteiger partial charge in [0, 0.05) is 18.2 Å². The molecule has 0 saturated heterocycles. The molecule has 2 heterocycles. The zero-order valence-corrected chi connectivity index (χ0v) is 19.4. The fourth-order valence-electron chi connectivity index (χ4n) is 3.97. The van der Waals surface area contributed by atoms with Crippen molar-refractivity contribution in [2.45, 2.75) is 37.8 Å². The van der Waals surface area contributed by atoms with Crippen LogP contribution in [-0.2, 0) is 10.0 Å². The number of ether oxygens (including phenoxy) is 1. The minimum atomic E-state index is -3.38. The summed E-state index contributed by atoms with van der Waals surface area (Å²) in [7, 11) is -3.38. The van der Waals surface area contributed by atoms with Crippen molar-refractivity contribution in [3.63, 3.8) is 0 Å². The van der Waals surface area contributed by atoms with Crippen LogP contribution in [0.2, 0.25) is 5.02 Å². The van der Waals surface area contributed by atoms with E-state index in [1.807, 2.05) is 0 Å². The first-order valence-corrected chi connectivity index (χ1v) is 12.7. The van der Waals surface area contributed by atoms with Crippen LogP contribution in [0.4, 0.5) is 21.8 Å². The number of nitrogens with zero attached hydrogens (tertiary/aromatic N) is 2. The molecule has 4 N–H and O–H groups in total. The summed E-state index contributed by atoms with van der Waals surface area (Å²) in [6, 6.07) is 1.78. The molecule has 13 heteroatoms. The molecular weight excluding hydrogens is 475 g/mol. The molecule has 2 atom stereocenters. The average Bonchev–Trinajstić information content (AvgIpc) is 2.92. The highest BCUT2D eigenvalue weighted by atomic mass is 35.5. The second kappa shape index (κ2) is 9.65. The van der Waals surface area contributed by atoms with E-state index in [9.17, 15) is 17.6 Å². The van der Waals surface area contributed by atoms with Gasteiger partial charge in [-0.25, -0.2) is 22.5 Å². The zero-order chi connectivity index (χ0) is 23.6. The average molecular weight is 499 g/mol. The minimum Gasteiger partial charge on any atom is -0.489 e. The third-order valence-electron chi connectivity index (χ3n) is 5.38. The number of halogens is 2. The van der Waals surface area contributed by atoms with Crippen molar-refractivity contribution in [3.05, 3.63) is 34.7 Å². The van der Waals surface area contributed by atoms with Crippen molar-refractivity contribution in [2.24, 2.45) is 0 Å². The molecule has 33 heavy (non-hydrogen) atoms. The number of hydrogen-bond donors (Lipinski definition) is 4. The molecule has 1 amide bonds. The van der Waals surface area contributed by atoms with E-state index < -0.39 is 21.7 Å². The van der Waals surface area contributed by atoms with Gasteiger partial charge in [0.2, 0.25) is 16.0 Å². The van der Waals surface area contributed by atoms with Crippen LogP contribution in [0, 0.1) is 5.82 Å². The molecule has 1 saturated carbocycles. The number of carbonyl (C=O) groups is 1. The summed E-state index contributed by atoms with van der Waals surface area (Å²) in [4.78, 5) is 20.8. The number of anilines is 3. The Balaban J connectivity index is 1.59. The lowest BCUT2D eigenvalue weighted by atomic mass is 9.91. The summed E-state index contributed by atoms with van der Waals surface area (Å²) >= 11 is 6.29. The van der Waals surface area contributed by atoms with Gasteiger partial charge in [0.05, 0.1) is 30.2 Å². The van der Waals surface area contributed by atoms with Gasteiger partial charge in [0.25, 0.3) is 5.91 Å². The number of nitrogens with one attached hydrogen (secondary N) is 4. The highest BCUT2D eigenvalue weighted by Gasteiger charge is 2.28. The van der Waals surface area contributed by atoms with E-state index in [1.165, 1.54) is 12.3 Å². The van der Waals surface area contributed by atoms with Gasteiger partial charge in [-0.1, -0.05) is 24.4 Å². The second-order valence-corrected chi connectivity index (χ2v) is 10.2. The van der Waals surface area contributed by atoms with Gasteiger partial charge in [0.1, 0.15) is 17.4 Å². The first kappa shape index (κ1) is 23.5. The Morgan fingerprint density at radius 1 is 1.24 bits per heavy atom. The van der Waals surface area contributed by atoms with E-state index in [2.05, 4.69) is 30.6 Å². The van der Waals surface area contributed by atoms with Crippen LogP contribution in [0.5, 0.6) is 5.75 Å². The summed E-state index contributed by atoms with van der Waals surface area (Å²) in [5.41, 5.74) is 0.267. The lowest BCUT2D eigenvalue weighted by Gasteiger charge is -2.32. The van der Waals surface area contributed by atoms with E-state index in [0.29, 0.717) is 18.8 Å². The molecule has 2 aromatic rings. The van der Waals surface area contributed by atoms with Gasteiger partial charge >= 0.3 is 0 Å². The van der Waals surface area contributed by atoms with E-state index in [4.69, 9.17) is 16.3 Å². The zero-order valence-electron chi connectivity index (χ0n) is 17.8. The van der Waals surface area contributed by atoms with Crippen molar-refractivity contribution in [1.82, 2.24) is 20.0 Å². The van der Waals surface area contributed by atoms with Gasteiger partial charge in [-0.05, 0) is 18.9 Å². The van der Waals surface area contributed by atoms with Gasteiger partial charge < -0.3 is 20.7 Å². The van der Waals surface area contributed by atoms with Crippen LogP contribution >= 0.6 is 11.6 Å².